The molecular weight excluding hydrogens is 434 g/mol. The number of nitrogens with one attached hydrogen (secondary N) is 3. The topological polar surface area (TPSA) is 117 Å². The highest BCUT2D eigenvalue weighted by molar-refractivity contribution is 5.90. The van der Waals surface area contributed by atoms with Crippen LogP contribution in [0.4, 0.5) is 22.0 Å². The van der Waals surface area contributed by atoms with E-state index in [1.165, 1.54) is 5.56 Å². The van der Waals surface area contributed by atoms with Gasteiger partial charge in [-0.05, 0) is 30.2 Å². The lowest BCUT2D eigenvalue weighted by Crippen LogP contribution is -2.30. The van der Waals surface area contributed by atoms with E-state index >= 15 is 0 Å². The number of hydrogen-bond donors (Lipinski definition) is 3. The van der Waals surface area contributed by atoms with E-state index in [4.69, 9.17) is 9.47 Å². The third kappa shape index (κ3) is 3.72. The second kappa shape index (κ2) is 8.54. The van der Waals surface area contributed by atoms with Crippen LogP contribution in [0.1, 0.15) is 17.9 Å². The molecule has 2 aromatic heterocycles. The van der Waals surface area contributed by atoms with Gasteiger partial charge in [0.2, 0.25) is 0 Å². The van der Waals surface area contributed by atoms with E-state index in [1.807, 2.05) is 12.1 Å². The molecule has 0 fully saturated rings. The molecule has 3 N–H and O–H groups in total. The summed E-state index contributed by atoms with van der Waals surface area (Å²) in [5.74, 6) is 2.42. The zero-order chi connectivity index (χ0) is 22.9. The summed E-state index contributed by atoms with van der Waals surface area (Å²) < 4.78 is 11.1. The summed E-state index contributed by atoms with van der Waals surface area (Å²) in [4.78, 5) is 23.5. The van der Waals surface area contributed by atoms with E-state index in [9.17, 15) is 4.79 Å². The molecule has 0 spiro atoms. The van der Waals surface area contributed by atoms with Crippen molar-refractivity contribution in [2.75, 3.05) is 36.5 Å². The molecule has 0 saturated carbocycles. The van der Waals surface area contributed by atoms with Gasteiger partial charge in [-0.25, -0.2) is 14.8 Å². The van der Waals surface area contributed by atoms with Crippen molar-refractivity contribution in [3.05, 3.63) is 60.6 Å². The van der Waals surface area contributed by atoms with Crippen molar-refractivity contribution in [2.24, 2.45) is 0 Å². The van der Waals surface area contributed by atoms with Crippen molar-refractivity contribution in [3.63, 3.8) is 0 Å². The van der Waals surface area contributed by atoms with Crippen LogP contribution in [0, 0.1) is 0 Å². The van der Waals surface area contributed by atoms with Gasteiger partial charge in [0, 0.05) is 36.4 Å². The maximum Gasteiger partial charge on any atom is 0.319 e. The normalized spacial score (nSPS) is 16.4. The van der Waals surface area contributed by atoms with Crippen molar-refractivity contribution in [2.45, 2.75) is 12.3 Å². The third-order valence-electron chi connectivity index (χ3n) is 6.13. The summed E-state index contributed by atoms with van der Waals surface area (Å²) in [5.41, 5.74) is 3.73. The smallest absolute Gasteiger partial charge is 0.319 e. The van der Waals surface area contributed by atoms with Gasteiger partial charge >= 0.3 is 6.03 Å². The largest absolute Gasteiger partial charge is 0.486 e. The fourth-order valence-corrected chi connectivity index (χ4v) is 4.57. The van der Waals surface area contributed by atoms with Crippen molar-refractivity contribution in [1.82, 2.24) is 25.5 Å². The number of benzene rings is 2. The van der Waals surface area contributed by atoms with Crippen molar-refractivity contribution in [1.29, 1.82) is 0 Å². The number of carbonyl (C=O) groups excluding carboxylic acids is 1. The number of amides is 2. The number of nitrogens with zero attached hydrogens (tertiary/aromatic N) is 4. The van der Waals surface area contributed by atoms with Crippen LogP contribution in [0.5, 0.6) is 11.5 Å². The third-order valence-corrected chi connectivity index (χ3v) is 6.13. The van der Waals surface area contributed by atoms with E-state index in [0.29, 0.717) is 42.6 Å². The molecular formula is C24H23N7O3. The average molecular weight is 457 g/mol. The second-order valence-corrected chi connectivity index (χ2v) is 8.22. The first-order valence-electron chi connectivity index (χ1n) is 11.2. The molecule has 0 aliphatic carbocycles. The van der Waals surface area contributed by atoms with Gasteiger partial charge in [0.15, 0.2) is 17.1 Å². The maximum atomic E-state index is 12.5. The molecule has 10 nitrogen and oxygen atoms in total. The fourth-order valence-electron chi connectivity index (χ4n) is 4.57. The van der Waals surface area contributed by atoms with Gasteiger partial charge in [-0.1, -0.05) is 18.2 Å². The van der Waals surface area contributed by atoms with Crippen LogP contribution >= 0.6 is 0 Å². The number of H-pyrrole nitrogens is 1. The maximum absolute atomic E-state index is 12.5. The van der Waals surface area contributed by atoms with E-state index in [2.05, 4.69) is 47.8 Å². The highest BCUT2D eigenvalue weighted by atomic mass is 16.6. The average Bonchev–Trinajstić information content (AvgIpc) is 3.49. The second-order valence-electron chi connectivity index (χ2n) is 8.22. The Morgan fingerprint density at radius 1 is 1.12 bits per heavy atom. The molecule has 172 valence electrons. The van der Waals surface area contributed by atoms with Gasteiger partial charge < -0.3 is 25.0 Å². The zero-order valence-corrected chi connectivity index (χ0v) is 18.3. The number of aromatic amines is 1. The Morgan fingerprint density at radius 2 is 2.00 bits per heavy atom. The molecule has 1 unspecified atom stereocenters. The van der Waals surface area contributed by atoms with Crippen LogP contribution in [0.3, 0.4) is 0 Å². The number of ether oxygens (including phenoxy) is 2. The van der Waals surface area contributed by atoms with Gasteiger partial charge in [0.05, 0.1) is 11.6 Å². The first-order valence-corrected chi connectivity index (χ1v) is 11.2. The predicted octanol–water partition coefficient (Wildman–Crippen LogP) is 3.57. The molecule has 0 radical (unpaired) electrons. The zero-order valence-electron chi connectivity index (χ0n) is 18.3. The molecule has 2 aliphatic heterocycles. The van der Waals surface area contributed by atoms with Crippen molar-refractivity contribution >= 4 is 34.3 Å². The SMILES string of the molecule is O=C(NCCC1CN(c2ncnc3[nH]ncc23)c2ccccc21)Nc1ccc2c(c1)OCCO2. The minimum Gasteiger partial charge on any atom is -0.486 e. The number of hydrogen-bond acceptors (Lipinski definition) is 7. The Hall–Kier alpha value is -4.34. The number of urea groups is 1. The quantitative estimate of drug-likeness (QED) is 0.419. The molecule has 4 heterocycles. The molecule has 34 heavy (non-hydrogen) atoms. The minimum absolute atomic E-state index is 0.253. The highest BCUT2D eigenvalue weighted by Gasteiger charge is 2.31. The monoisotopic (exact) mass is 457 g/mol. The van der Waals surface area contributed by atoms with Crippen LogP contribution in [0.2, 0.25) is 0 Å². The van der Waals surface area contributed by atoms with Crippen LogP contribution in [0.15, 0.2) is 55.0 Å². The molecule has 2 aliphatic rings. The number of aromatic nitrogens is 4. The summed E-state index contributed by atoms with van der Waals surface area (Å²) >= 11 is 0. The number of fused-ring (bicyclic) bond motifs is 3. The number of anilines is 3. The Morgan fingerprint density at radius 3 is 2.94 bits per heavy atom. The summed E-state index contributed by atoms with van der Waals surface area (Å²) in [7, 11) is 0. The van der Waals surface area contributed by atoms with Crippen LogP contribution in [-0.4, -0.2) is 52.5 Å². The standard InChI is InChI=1S/C24H23N7O3/c32-24(29-16-5-6-20-21(11-16)34-10-9-33-20)25-8-7-15-13-31(19-4-2-1-3-17(15)19)23-18-12-28-30-22(18)26-14-27-23/h1-6,11-12,14-15H,7-10,13H2,(H2,25,29,32)(H,26,27,28,30). The van der Waals surface area contributed by atoms with E-state index in [-0.39, 0.29) is 11.9 Å². The van der Waals surface area contributed by atoms with E-state index in [1.54, 1.807) is 30.7 Å². The lowest BCUT2D eigenvalue weighted by molar-refractivity contribution is 0.171. The summed E-state index contributed by atoms with van der Waals surface area (Å²) in [6.07, 6.45) is 4.10. The van der Waals surface area contributed by atoms with Crippen molar-refractivity contribution in [3.8, 4) is 11.5 Å². The summed E-state index contributed by atoms with van der Waals surface area (Å²) in [5, 5.41) is 13.7. The fraction of sp³-hybridized carbons (Fsp3) is 0.250. The first-order chi connectivity index (χ1) is 16.8. The summed E-state index contributed by atoms with van der Waals surface area (Å²) in [6, 6.07) is 13.4. The minimum atomic E-state index is -0.254. The van der Waals surface area contributed by atoms with Gasteiger partial charge in [-0.2, -0.15) is 5.10 Å². The molecule has 6 rings (SSSR count). The Bertz CT molecular complexity index is 1360. The van der Waals surface area contributed by atoms with Gasteiger partial charge in [0.1, 0.15) is 25.4 Å². The molecule has 0 bridgehead atoms. The Balaban J connectivity index is 1.11. The Labute approximate surface area is 195 Å². The lowest BCUT2D eigenvalue weighted by atomic mass is 9.98. The van der Waals surface area contributed by atoms with Gasteiger partial charge in [-0.3, -0.25) is 5.10 Å². The van der Waals surface area contributed by atoms with E-state index in [0.717, 1.165) is 29.9 Å². The van der Waals surface area contributed by atoms with Gasteiger partial charge in [0.25, 0.3) is 0 Å². The van der Waals surface area contributed by atoms with E-state index < -0.39 is 0 Å². The molecule has 4 aromatic rings. The van der Waals surface area contributed by atoms with Crippen LogP contribution in [0.25, 0.3) is 11.0 Å². The van der Waals surface area contributed by atoms with Crippen LogP contribution < -0.4 is 25.0 Å². The van der Waals surface area contributed by atoms with Crippen molar-refractivity contribution < 1.29 is 14.3 Å². The number of rotatable bonds is 5. The predicted molar refractivity (Wildman–Crippen MR) is 127 cm³/mol. The molecule has 1 atom stereocenters. The number of carbonyl (C=O) groups is 1. The molecule has 2 amide bonds. The van der Waals surface area contributed by atoms with Crippen LogP contribution in [-0.2, 0) is 0 Å². The molecule has 2 aromatic carbocycles. The number of para-hydroxylation sites is 1. The summed E-state index contributed by atoms with van der Waals surface area (Å²) in [6.45, 7) is 2.34. The molecule has 0 saturated heterocycles. The first kappa shape index (κ1) is 20.3. The highest BCUT2D eigenvalue weighted by Crippen LogP contribution is 2.42. The molecule has 10 heteroatoms. The lowest BCUT2D eigenvalue weighted by Gasteiger charge is -2.19. The Kier molecular flexibility index (Phi) is 5.10. The van der Waals surface area contributed by atoms with Gasteiger partial charge in [-0.15, -0.1) is 0 Å².